The van der Waals surface area contributed by atoms with Crippen molar-refractivity contribution in [3.05, 3.63) is 22.3 Å². The molecule has 0 aromatic heterocycles. The van der Waals surface area contributed by atoms with E-state index in [-0.39, 0.29) is 0 Å². The van der Waals surface area contributed by atoms with Crippen LogP contribution in [0.15, 0.2) is 22.3 Å². The third-order valence-electron chi connectivity index (χ3n) is 1.77. The fraction of sp³-hybridized carbons (Fsp3) is 0.500. The molecule has 1 nitrogen and oxygen atoms in total. The number of rotatable bonds is 0. The molecule has 1 aliphatic heterocycles. The Morgan fingerprint density at radius 3 is 2.90 bits per heavy atom. The summed E-state index contributed by atoms with van der Waals surface area (Å²) in [7, 11) is 0. The molecule has 1 aliphatic rings. The molecule has 0 amide bonds. The standard InChI is InChI=1S/C8H12BrN/c1-3-7-6(2)4-10-5-8(7)9/h3,5-6,10H,4H2,1-2H3/b7-3+. The Kier molecular flexibility index (Phi) is 2.55. The van der Waals surface area contributed by atoms with E-state index in [0.29, 0.717) is 5.92 Å². The van der Waals surface area contributed by atoms with E-state index in [1.165, 1.54) is 10.1 Å². The third-order valence-corrected chi connectivity index (χ3v) is 2.46. The molecule has 1 heterocycles. The van der Waals surface area contributed by atoms with Crippen LogP contribution in [0.4, 0.5) is 0 Å². The van der Waals surface area contributed by atoms with Crippen molar-refractivity contribution in [2.75, 3.05) is 6.54 Å². The smallest absolute Gasteiger partial charge is 0.0364 e. The molecule has 1 N–H and O–H groups in total. The summed E-state index contributed by atoms with van der Waals surface area (Å²) in [4.78, 5) is 0. The number of hydrogen-bond acceptors (Lipinski definition) is 1. The fourth-order valence-electron chi connectivity index (χ4n) is 1.18. The minimum atomic E-state index is 0.629. The predicted octanol–water partition coefficient (Wildman–Crippen LogP) is 2.41. The second-order valence-corrected chi connectivity index (χ2v) is 3.40. The van der Waals surface area contributed by atoms with Gasteiger partial charge in [-0.1, -0.05) is 13.0 Å². The van der Waals surface area contributed by atoms with Gasteiger partial charge in [-0.2, -0.15) is 0 Å². The first-order chi connectivity index (χ1) is 4.75. The van der Waals surface area contributed by atoms with Gasteiger partial charge >= 0.3 is 0 Å². The molecule has 0 aromatic carbocycles. The van der Waals surface area contributed by atoms with Crippen LogP contribution in [0.5, 0.6) is 0 Å². The van der Waals surface area contributed by atoms with E-state index in [1.807, 2.05) is 6.20 Å². The molecule has 0 spiro atoms. The molecule has 0 saturated heterocycles. The molecule has 0 fully saturated rings. The van der Waals surface area contributed by atoms with Crippen molar-refractivity contribution in [2.45, 2.75) is 13.8 Å². The van der Waals surface area contributed by atoms with Crippen molar-refractivity contribution < 1.29 is 0 Å². The second kappa shape index (κ2) is 3.24. The first-order valence-corrected chi connectivity index (χ1v) is 4.30. The molecule has 1 atom stereocenters. The van der Waals surface area contributed by atoms with Crippen molar-refractivity contribution in [3.63, 3.8) is 0 Å². The zero-order valence-electron chi connectivity index (χ0n) is 6.32. The SMILES string of the molecule is C/C=C1/C(Br)=CNCC1C. The normalized spacial score (nSPS) is 29.7. The van der Waals surface area contributed by atoms with Gasteiger partial charge in [-0.3, -0.25) is 0 Å². The van der Waals surface area contributed by atoms with Crippen LogP contribution in [0, 0.1) is 5.92 Å². The highest BCUT2D eigenvalue weighted by atomic mass is 79.9. The van der Waals surface area contributed by atoms with Crippen molar-refractivity contribution in [2.24, 2.45) is 5.92 Å². The van der Waals surface area contributed by atoms with E-state index in [1.54, 1.807) is 0 Å². The maximum Gasteiger partial charge on any atom is 0.0364 e. The van der Waals surface area contributed by atoms with E-state index in [0.717, 1.165) is 6.54 Å². The van der Waals surface area contributed by atoms with Gasteiger partial charge in [0.2, 0.25) is 0 Å². The lowest BCUT2D eigenvalue weighted by molar-refractivity contribution is 0.625. The van der Waals surface area contributed by atoms with Crippen LogP contribution in [0.1, 0.15) is 13.8 Å². The van der Waals surface area contributed by atoms with Crippen LogP contribution in [-0.2, 0) is 0 Å². The summed E-state index contributed by atoms with van der Waals surface area (Å²) in [6, 6.07) is 0. The third kappa shape index (κ3) is 1.43. The van der Waals surface area contributed by atoms with Crippen LogP contribution in [0.3, 0.4) is 0 Å². The number of halogens is 1. The van der Waals surface area contributed by atoms with Gasteiger partial charge in [-0.15, -0.1) is 0 Å². The largest absolute Gasteiger partial charge is 0.389 e. The van der Waals surface area contributed by atoms with Crippen LogP contribution in [-0.4, -0.2) is 6.54 Å². The van der Waals surface area contributed by atoms with Gasteiger partial charge in [0.25, 0.3) is 0 Å². The average molecular weight is 202 g/mol. The first kappa shape index (κ1) is 7.86. The summed E-state index contributed by atoms with van der Waals surface area (Å²) >= 11 is 3.49. The van der Waals surface area contributed by atoms with E-state index < -0.39 is 0 Å². The summed E-state index contributed by atoms with van der Waals surface area (Å²) in [5.74, 6) is 0.629. The second-order valence-electron chi connectivity index (χ2n) is 2.55. The highest BCUT2D eigenvalue weighted by Crippen LogP contribution is 2.26. The lowest BCUT2D eigenvalue weighted by Gasteiger charge is -2.20. The topological polar surface area (TPSA) is 12.0 Å². The summed E-state index contributed by atoms with van der Waals surface area (Å²) in [5.41, 5.74) is 1.40. The molecule has 1 unspecified atom stereocenters. The van der Waals surface area contributed by atoms with Gasteiger partial charge in [0.05, 0.1) is 0 Å². The van der Waals surface area contributed by atoms with E-state index in [9.17, 15) is 0 Å². The predicted molar refractivity (Wildman–Crippen MR) is 47.9 cm³/mol. The Hall–Kier alpha value is -0.240. The molecular formula is C8H12BrN. The zero-order valence-corrected chi connectivity index (χ0v) is 7.90. The Balaban J connectivity index is 2.84. The summed E-state index contributed by atoms with van der Waals surface area (Å²) in [6.45, 7) is 5.34. The molecule has 56 valence electrons. The van der Waals surface area contributed by atoms with E-state index in [2.05, 4.69) is 41.2 Å². The highest BCUT2D eigenvalue weighted by molar-refractivity contribution is 9.12. The molecule has 2 heteroatoms. The molecule has 0 aliphatic carbocycles. The zero-order chi connectivity index (χ0) is 7.56. The Morgan fingerprint density at radius 2 is 2.50 bits per heavy atom. The minimum absolute atomic E-state index is 0.629. The number of allylic oxidation sites excluding steroid dienone is 2. The summed E-state index contributed by atoms with van der Waals surface area (Å²) in [6.07, 6.45) is 4.17. The first-order valence-electron chi connectivity index (χ1n) is 3.51. The number of hydrogen-bond donors (Lipinski definition) is 1. The van der Waals surface area contributed by atoms with Crippen molar-refractivity contribution in [3.8, 4) is 0 Å². The van der Waals surface area contributed by atoms with Gasteiger partial charge in [0.1, 0.15) is 0 Å². The molecule has 0 saturated carbocycles. The molecule has 0 radical (unpaired) electrons. The summed E-state index contributed by atoms with van der Waals surface area (Å²) < 4.78 is 1.19. The monoisotopic (exact) mass is 201 g/mol. The van der Waals surface area contributed by atoms with Crippen LogP contribution >= 0.6 is 15.9 Å². The molecule has 0 bridgehead atoms. The quantitative estimate of drug-likeness (QED) is 0.636. The maximum absolute atomic E-state index is 3.49. The Bertz CT molecular complexity index is 182. The van der Waals surface area contributed by atoms with Crippen molar-refractivity contribution >= 4 is 15.9 Å². The molecule has 10 heavy (non-hydrogen) atoms. The lowest BCUT2D eigenvalue weighted by atomic mass is 9.99. The molecule has 0 aromatic rings. The van der Waals surface area contributed by atoms with Crippen LogP contribution in [0.25, 0.3) is 0 Å². The Morgan fingerprint density at radius 1 is 1.80 bits per heavy atom. The van der Waals surface area contributed by atoms with Gasteiger partial charge in [0, 0.05) is 17.2 Å². The number of nitrogens with one attached hydrogen (secondary N) is 1. The van der Waals surface area contributed by atoms with E-state index in [4.69, 9.17) is 0 Å². The van der Waals surface area contributed by atoms with Gasteiger partial charge in [0.15, 0.2) is 0 Å². The van der Waals surface area contributed by atoms with Crippen molar-refractivity contribution in [1.29, 1.82) is 0 Å². The minimum Gasteiger partial charge on any atom is -0.389 e. The maximum atomic E-state index is 3.49. The van der Waals surface area contributed by atoms with Gasteiger partial charge in [-0.05, 0) is 34.3 Å². The molecule has 1 rings (SSSR count). The van der Waals surface area contributed by atoms with E-state index >= 15 is 0 Å². The lowest BCUT2D eigenvalue weighted by Crippen LogP contribution is -2.22. The van der Waals surface area contributed by atoms with Crippen molar-refractivity contribution in [1.82, 2.24) is 5.32 Å². The fourth-order valence-corrected chi connectivity index (χ4v) is 1.96. The van der Waals surface area contributed by atoms with Crippen LogP contribution < -0.4 is 5.32 Å². The van der Waals surface area contributed by atoms with Crippen LogP contribution in [0.2, 0.25) is 0 Å². The van der Waals surface area contributed by atoms with Gasteiger partial charge < -0.3 is 5.32 Å². The molecular weight excluding hydrogens is 190 g/mol. The highest BCUT2D eigenvalue weighted by Gasteiger charge is 2.13. The Labute approximate surface area is 70.3 Å². The summed E-state index contributed by atoms with van der Waals surface area (Å²) in [5, 5.41) is 3.20. The van der Waals surface area contributed by atoms with Gasteiger partial charge in [-0.25, -0.2) is 0 Å². The average Bonchev–Trinajstić information content (AvgIpc) is 1.88.